The van der Waals surface area contributed by atoms with Gasteiger partial charge in [0, 0.05) is 24.7 Å². The number of nitrogens with zero attached hydrogens (tertiary/aromatic N) is 1. The smallest absolute Gasteiger partial charge is 0.315 e. The standard InChI is InChI=1S/C17H25ClN4O2.ClH/c1-19-9-14-3-2-8-22(12-14)16(23)11-21-17(24)20-10-13-4-6-15(18)7-5-13;/h4-7,14,19H,2-3,8-12H2,1H3,(H2,20,21,24);1H. The normalized spacial score (nSPS) is 16.7. The van der Waals surface area contributed by atoms with E-state index in [4.69, 9.17) is 11.6 Å². The van der Waals surface area contributed by atoms with E-state index in [1.165, 1.54) is 0 Å². The van der Waals surface area contributed by atoms with Crippen molar-refractivity contribution in [3.63, 3.8) is 0 Å². The van der Waals surface area contributed by atoms with Crippen LogP contribution in [0.5, 0.6) is 0 Å². The molecule has 0 radical (unpaired) electrons. The highest BCUT2D eigenvalue weighted by Crippen LogP contribution is 2.15. The second-order valence-electron chi connectivity index (χ2n) is 6.07. The Labute approximate surface area is 160 Å². The average molecular weight is 389 g/mol. The van der Waals surface area contributed by atoms with Crippen LogP contribution in [0.15, 0.2) is 24.3 Å². The number of benzene rings is 1. The van der Waals surface area contributed by atoms with Crippen LogP contribution in [0.3, 0.4) is 0 Å². The fraction of sp³-hybridized carbons (Fsp3) is 0.529. The zero-order valence-electron chi connectivity index (χ0n) is 14.4. The molecule has 1 unspecified atom stereocenters. The molecular weight excluding hydrogens is 363 g/mol. The van der Waals surface area contributed by atoms with Gasteiger partial charge in [-0.15, -0.1) is 12.4 Å². The first-order valence-corrected chi connectivity index (χ1v) is 8.65. The molecule has 0 aromatic heterocycles. The lowest BCUT2D eigenvalue weighted by Crippen LogP contribution is -2.47. The number of rotatable bonds is 6. The fourth-order valence-electron chi connectivity index (χ4n) is 2.86. The minimum atomic E-state index is -0.345. The van der Waals surface area contributed by atoms with Crippen LogP contribution in [-0.2, 0) is 11.3 Å². The summed E-state index contributed by atoms with van der Waals surface area (Å²) in [5, 5.41) is 9.17. The predicted octanol–water partition coefficient (Wildman–Crippen LogP) is 2.02. The molecule has 1 aromatic rings. The minimum Gasteiger partial charge on any atom is -0.341 e. The van der Waals surface area contributed by atoms with Crippen LogP contribution in [0.25, 0.3) is 0 Å². The van der Waals surface area contributed by atoms with Gasteiger partial charge in [0.2, 0.25) is 5.91 Å². The molecule has 0 bridgehead atoms. The molecule has 25 heavy (non-hydrogen) atoms. The Morgan fingerprint density at radius 2 is 1.96 bits per heavy atom. The van der Waals surface area contributed by atoms with Gasteiger partial charge >= 0.3 is 6.03 Å². The Hall–Kier alpha value is -1.50. The molecule has 1 heterocycles. The summed E-state index contributed by atoms with van der Waals surface area (Å²) in [6, 6.07) is 6.91. The maximum Gasteiger partial charge on any atom is 0.315 e. The molecule has 2 rings (SSSR count). The Bertz CT molecular complexity index is 552. The van der Waals surface area contributed by atoms with E-state index in [1.807, 2.05) is 24.1 Å². The van der Waals surface area contributed by atoms with Crippen molar-refractivity contribution in [1.82, 2.24) is 20.9 Å². The van der Waals surface area contributed by atoms with Crippen LogP contribution in [-0.4, -0.2) is 50.1 Å². The lowest BCUT2D eigenvalue weighted by molar-refractivity contribution is -0.131. The fourth-order valence-corrected chi connectivity index (χ4v) is 2.99. The van der Waals surface area contributed by atoms with Gasteiger partial charge < -0.3 is 20.9 Å². The topological polar surface area (TPSA) is 73.5 Å². The van der Waals surface area contributed by atoms with E-state index in [9.17, 15) is 9.59 Å². The van der Waals surface area contributed by atoms with E-state index in [1.54, 1.807) is 12.1 Å². The summed E-state index contributed by atoms with van der Waals surface area (Å²) >= 11 is 5.82. The molecule has 1 aromatic carbocycles. The van der Waals surface area contributed by atoms with Crippen molar-refractivity contribution >= 4 is 35.9 Å². The third-order valence-corrected chi connectivity index (χ3v) is 4.38. The van der Waals surface area contributed by atoms with E-state index in [2.05, 4.69) is 16.0 Å². The van der Waals surface area contributed by atoms with Crippen LogP contribution < -0.4 is 16.0 Å². The number of piperidine rings is 1. The Balaban J connectivity index is 0.00000312. The summed E-state index contributed by atoms with van der Waals surface area (Å²) in [4.78, 5) is 25.9. The van der Waals surface area contributed by atoms with Crippen molar-refractivity contribution in [2.45, 2.75) is 19.4 Å². The van der Waals surface area contributed by atoms with Crippen LogP contribution in [0, 0.1) is 5.92 Å². The summed E-state index contributed by atoms with van der Waals surface area (Å²) in [5.74, 6) is 0.462. The predicted molar refractivity (Wildman–Crippen MR) is 102 cm³/mol. The number of halogens is 2. The van der Waals surface area contributed by atoms with Crippen molar-refractivity contribution in [2.24, 2.45) is 5.92 Å². The van der Waals surface area contributed by atoms with Crippen LogP contribution in [0.2, 0.25) is 5.02 Å². The first kappa shape index (κ1) is 21.5. The van der Waals surface area contributed by atoms with Crippen LogP contribution >= 0.6 is 24.0 Å². The Kier molecular flexibility index (Phi) is 9.63. The summed E-state index contributed by atoms with van der Waals surface area (Å²) in [7, 11) is 1.92. The van der Waals surface area contributed by atoms with Gasteiger partial charge in [-0.05, 0) is 50.0 Å². The number of amides is 3. The molecule has 3 N–H and O–H groups in total. The number of urea groups is 1. The van der Waals surface area contributed by atoms with Gasteiger partial charge in [-0.25, -0.2) is 4.79 Å². The molecule has 3 amide bonds. The molecule has 1 atom stereocenters. The highest BCUT2D eigenvalue weighted by Gasteiger charge is 2.23. The van der Waals surface area contributed by atoms with Gasteiger partial charge in [0.15, 0.2) is 0 Å². The number of carbonyl (C=O) groups is 2. The van der Waals surface area contributed by atoms with Gasteiger partial charge in [-0.1, -0.05) is 23.7 Å². The van der Waals surface area contributed by atoms with Gasteiger partial charge in [0.1, 0.15) is 0 Å². The first-order valence-electron chi connectivity index (χ1n) is 8.27. The second kappa shape index (κ2) is 11.2. The van der Waals surface area contributed by atoms with E-state index < -0.39 is 0 Å². The van der Waals surface area contributed by atoms with Crippen molar-refractivity contribution in [3.05, 3.63) is 34.9 Å². The summed E-state index contributed by atoms with van der Waals surface area (Å²) < 4.78 is 0. The first-order chi connectivity index (χ1) is 11.6. The van der Waals surface area contributed by atoms with Crippen molar-refractivity contribution < 1.29 is 9.59 Å². The molecule has 1 aliphatic heterocycles. The van der Waals surface area contributed by atoms with E-state index >= 15 is 0 Å². The Morgan fingerprint density at radius 3 is 2.64 bits per heavy atom. The van der Waals surface area contributed by atoms with Crippen LogP contribution in [0.4, 0.5) is 4.79 Å². The van der Waals surface area contributed by atoms with E-state index in [0.29, 0.717) is 17.5 Å². The highest BCUT2D eigenvalue weighted by atomic mass is 35.5. The van der Waals surface area contributed by atoms with Crippen molar-refractivity contribution in [2.75, 3.05) is 33.2 Å². The van der Waals surface area contributed by atoms with Gasteiger partial charge in [0.25, 0.3) is 0 Å². The maximum absolute atomic E-state index is 12.2. The molecule has 8 heteroatoms. The number of hydrogen-bond acceptors (Lipinski definition) is 3. The largest absolute Gasteiger partial charge is 0.341 e. The summed E-state index contributed by atoms with van der Waals surface area (Å²) in [5.41, 5.74) is 0.951. The number of nitrogens with one attached hydrogen (secondary N) is 3. The molecule has 0 aliphatic carbocycles. The zero-order chi connectivity index (χ0) is 17.4. The lowest BCUT2D eigenvalue weighted by Gasteiger charge is -2.32. The van der Waals surface area contributed by atoms with Gasteiger partial charge in [0.05, 0.1) is 6.54 Å². The molecule has 1 aliphatic rings. The molecule has 0 spiro atoms. The van der Waals surface area contributed by atoms with Crippen LogP contribution in [0.1, 0.15) is 18.4 Å². The van der Waals surface area contributed by atoms with E-state index in [-0.39, 0.29) is 30.9 Å². The van der Waals surface area contributed by atoms with E-state index in [0.717, 1.165) is 38.0 Å². The minimum absolute atomic E-state index is 0. The number of hydrogen-bond donors (Lipinski definition) is 3. The zero-order valence-corrected chi connectivity index (χ0v) is 16.0. The quantitative estimate of drug-likeness (QED) is 0.697. The van der Waals surface area contributed by atoms with Crippen molar-refractivity contribution in [1.29, 1.82) is 0 Å². The average Bonchev–Trinajstić information content (AvgIpc) is 2.59. The van der Waals surface area contributed by atoms with Gasteiger partial charge in [-0.3, -0.25) is 4.79 Å². The number of likely N-dealkylation sites (tertiary alicyclic amines) is 1. The third-order valence-electron chi connectivity index (χ3n) is 4.13. The van der Waals surface area contributed by atoms with Crippen molar-refractivity contribution in [3.8, 4) is 0 Å². The SMILES string of the molecule is CNCC1CCCN(C(=O)CNC(=O)NCc2ccc(Cl)cc2)C1.Cl. The molecule has 6 nitrogen and oxygen atoms in total. The monoisotopic (exact) mass is 388 g/mol. The molecular formula is C17H26Cl2N4O2. The third kappa shape index (κ3) is 7.50. The number of carbonyl (C=O) groups excluding carboxylic acids is 2. The highest BCUT2D eigenvalue weighted by molar-refractivity contribution is 6.30. The second-order valence-corrected chi connectivity index (χ2v) is 6.50. The maximum atomic E-state index is 12.2. The molecule has 1 fully saturated rings. The summed E-state index contributed by atoms with van der Waals surface area (Å²) in [6.07, 6.45) is 2.15. The Morgan fingerprint density at radius 1 is 1.24 bits per heavy atom. The summed E-state index contributed by atoms with van der Waals surface area (Å²) in [6.45, 7) is 2.86. The molecule has 1 saturated heterocycles. The molecule has 140 valence electrons. The van der Waals surface area contributed by atoms with Gasteiger partial charge in [-0.2, -0.15) is 0 Å². The lowest BCUT2D eigenvalue weighted by atomic mass is 9.98. The molecule has 0 saturated carbocycles.